The number of halogens is 2. The quantitative estimate of drug-likeness (QED) is 0.778. The van der Waals surface area contributed by atoms with Crippen molar-refractivity contribution in [2.45, 2.75) is 18.4 Å². The standard InChI is InChI=1S/C12H12BrClN2O2S2/c1-7-11(14)3-10(4-12(7)15)20(17,18)16-5-9-2-8(13)6-19-9/h2-4,6,16H,5,15H2,1H3. The molecule has 4 nitrogen and oxygen atoms in total. The first-order valence-corrected chi connectivity index (χ1v) is 9.11. The van der Waals surface area contributed by atoms with Crippen LogP contribution < -0.4 is 10.5 Å². The molecule has 0 saturated heterocycles. The lowest BCUT2D eigenvalue weighted by atomic mass is 10.2. The predicted molar refractivity (Wildman–Crippen MR) is 86.6 cm³/mol. The van der Waals surface area contributed by atoms with E-state index in [0.29, 0.717) is 16.3 Å². The van der Waals surface area contributed by atoms with Crippen LogP contribution in [0.25, 0.3) is 0 Å². The van der Waals surface area contributed by atoms with E-state index in [2.05, 4.69) is 20.7 Å². The zero-order valence-electron chi connectivity index (χ0n) is 10.5. The van der Waals surface area contributed by atoms with Crippen molar-refractivity contribution >= 4 is 54.6 Å². The second kappa shape index (κ2) is 6.03. The van der Waals surface area contributed by atoms with Gasteiger partial charge in [-0.05, 0) is 46.6 Å². The third-order valence-corrected chi connectivity index (χ3v) is 6.20. The maximum atomic E-state index is 12.2. The molecule has 0 unspecified atom stereocenters. The van der Waals surface area contributed by atoms with Crippen molar-refractivity contribution in [3.8, 4) is 0 Å². The van der Waals surface area contributed by atoms with E-state index in [0.717, 1.165) is 9.35 Å². The molecule has 3 N–H and O–H groups in total. The molecule has 0 spiro atoms. The van der Waals surface area contributed by atoms with E-state index >= 15 is 0 Å². The number of hydrogen-bond donors (Lipinski definition) is 2. The van der Waals surface area contributed by atoms with Gasteiger partial charge in [-0.2, -0.15) is 0 Å². The largest absolute Gasteiger partial charge is 0.398 e. The van der Waals surface area contributed by atoms with E-state index in [1.54, 1.807) is 6.92 Å². The third kappa shape index (κ3) is 3.53. The van der Waals surface area contributed by atoms with Gasteiger partial charge in [0.25, 0.3) is 0 Å². The zero-order chi connectivity index (χ0) is 14.9. The van der Waals surface area contributed by atoms with Gasteiger partial charge >= 0.3 is 0 Å². The molecule has 1 aromatic heterocycles. The fraction of sp³-hybridized carbons (Fsp3) is 0.167. The normalized spacial score (nSPS) is 11.8. The minimum atomic E-state index is -3.63. The summed E-state index contributed by atoms with van der Waals surface area (Å²) in [6.07, 6.45) is 0. The molecule has 0 amide bonds. The smallest absolute Gasteiger partial charge is 0.241 e. The van der Waals surface area contributed by atoms with Crippen molar-refractivity contribution < 1.29 is 8.42 Å². The molecule has 0 saturated carbocycles. The summed E-state index contributed by atoms with van der Waals surface area (Å²) in [5.41, 5.74) is 6.78. The molecule has 0 aliphatic heterocycles. The molecule has 0 aliphatic rings. The van der Waals surface area contributed by atoms with Gasteiger partial charge in [0.15, 0.2) is 0 Å². The van der Waals surface area contributed by atoms with Crippen LogP contribution in [0.1, 0.15) is 10.4 Å². The molecule has 2 rings (SSSR count). The lowest BCUT2D eigenvalue weighted by Gasteiger charge is -2.09. The highest BCUT2D eigenvalue weighted by atomic mass is 79.9. The van der Waals surface area contributed by atoms with Crippen molar-refractivity contribution in [3.63, 3.8) is 0 Å². The van der Waals surface area contributed by atoms with Crippen LogP contribution in [0.4, 0.5) is 5.69 Å². The summed E-state index contributed by atoms with van der Waals surface area (Å²) in [5, 5.41) is 2.23. The van der Waals surface area contributed by atoms with Crippen molar-refractivity contribution in [3.05, 3.63) is 43.5 Å². The fourth-order valence-electron chi connectivity index (χ4n) is 1.53. The molecule has 108 valence electrons. The summed E-state index contributed by atoms with van der Waals surface area (Å²) in [6, 6.07) is 4.68. The van der Waals surface area contributed by atoms with E-state index < -0.39 is 10.0 Å². The summed E-state index contributed by atoms with van der Waals surface area (Å²) in [6.45, 7) is 1.97. The molecule has 1 aromatic carbocycles. The predicted octanol–water partition coefficient (Wildman–Crippen LogP) is 3.53. The number of thiophene rings is 1. The Balaban J connectivity index is 2.22. The minimum absolute atomic E-state index is 0.0706. The first-order valence-electron chi connectivity index (χ1n) is 5.58. The average Bonchev–Trinajstić information content (AvgIpc) is 2.79. The molecule has 0 radical (unpaired) electrons. The van der Waals surface area contributed by atoms with Gasteiger partial charge in [-0.1, -0.05) is 11.6 Å². The molecular formula is C12H12BrClN2O2S2. The lowest BCUT2D eigenvalue weighted by Crippen LogP contribution is -2.23. The highest BCUT2D eigenvalue weighted by Gasteiger charge is 2.17. The maximum Gasteiger partial charge on any atom is 0.241 e. The van der Waals surface area contributed by atoms with E-state index in [-0.39, 0.29) is 11.4 Å². The van der Waals surface area contributed by atoms with Gasteiger partial charge in [-0.25, -0.2) is 13.1 Å². The van der Waals surface area contributed by atoms with Crippen molar-refractivity contribution in [2.24, 2.45) is 0 Å². The van der Waals surface area contributed by atoms with Crippen molar-refractivity contribution in [2.75, 3.05) is 5.73 Å². The van der Waals surface area contributed by atoms with Crippen LogP contribution in [0.15, 0.2) is 32.9 Å². The molecule has 0 aliphatic carbocycles. The first-order chi connectivity index (χ1) is 9.29. The summed E-state index contributed by atoms with van der Waals surface area (Å²) < 4.78 is 27.8. The number of hydrogen-bond acceptors (Lipinski definition) is 4. The Kier molecular flexibility index (Phi) is 4.76. The van der Waals surface area contributed by atoms with Crippen LogP contribution in [-0.2, 0) is 16.6 Å². The Labute approximate surface area is 135 Å². The van der Waals surface area contributed by atoms with Gasteiger partial charge in [-0.3, -0.25) is 0 Å². The van der Waals surface area contributed by atoms with Crippen molar-refractivity contribution in [1.29, 1.82) is 0 Å². The molecular weight excluding hydrogens is 384 g/mol. The molecule has 0 atom stereocenters. The van der Waals surface area contributed by atoms with Crippen LogP contribution >= 0.6 is 38.9 Å². The Hall–Kier alpha value is -0.600. The SMILES string of the molecule is Cc1c(N)cc(S(=O)(=O)NCc2cc(Br)cs2)cc1Cl. The minimum Gasteiger partial charge on any atom is -0.398 e. The van der Waals surface area contributed by atoms with Gasteiger partial charge in [0.2, 0.25) is 10.0 Å². The number of benzene rings is 1. The Morgan fingerprint density at radius 1 is 1.40 bits per heavy atom. The molecule has 0 fully saturated rings. The highest BCUT2D eigenvalue weighted by Crippen LogP contribution is 2.26. The van der Waals surface area contributed by atoms with E-state index in [1.807, 2.05) is 11.4 Å². The summed E-state index contributed by atoms with van der Waals surface area (Å²) in [5.74, 6) is 0. The van der Waals surface area contributed by atoms with Crippen LogP contribution in [0.3, 0.4) is 0 Å². The molecule has 2 aromatic rings. The molecule has 0 bridgehead atoms. The molecule has 8 heteroatoms. The number of nitrogens with one attached hydrogen (secondary N) is 1. The first kappa shape index (κ1) is 15.8. The van der Waals surface area contributed by atoms with Crippen LogP contribution in [0, 0.1) is 6.92 Å². The molecule has 20 heavy (non-hydrogen) atoms. The molecule has 1 heterocycles. The summed E-state index contributed by atoms with van der Waals surface area (Å²) >= 11 is 10.8. The third-order valence-electron chi connectivity index (χ3n) is 2.73. The summed E-state index contributed by atoms with van der Waals surface area (Å²) in [4.78, 5) is 0.979. The van der Waals surface area contributed by atoms with E-state index in [4.69, 9.17) is 17.3 Å². The number of rotatable bonds is 4. The van der Waals surface area contributed by atoms with E-state index in [9.17, 15) is 8.42 Å². The Bertz CT molecular complexity index is 721. The van der Waals surface area contributed by atoms with Gasteiger partial charge in [0, 0.05) is 32.0 Å². The van der Waals surface area contributed by atoms with Gasteiger partial charge in [0.1, 0.15) is 0 Å². The van der Waals surface area contributed by atoms with Gasteiger partial charge in [-0.15, -0.1) is 11.3 Å². The zero-order valence-corrected chi connectivity index (χ0v) is 14.5. The second-order valence-electron chi connectivity index (χ2n) is 4.18. The van der Waals surface area contributed by atoms with Gasteiger partial charge in [0.05, 0.1) is 4.90 Å². The van der Waals surface area contributed by atoms with Gasteiger partial charge < -0.3 is 5.73 Å². The number of anilines is 1. The second-order valence-corrected chi connectivity index (χ2v) is 8.26. The average molecular weight is 396 g/mol. The number of nitrogen functional groups attached to an aromatic ring is 1. The van der Waals surface area contributed by atoms with Crippen LogP contribution in [0.5, 0.6) is 0 Å². The monoisotopic (exact) mass is 394 g/mol. The Morgan fingerprint density at radius 2 is 2.10 bits per heavy atom. The summed E-state index contributed by atoms with van der Waals surface area (Å²) in [7, 11) is -3.63. The lowest BCUT2D eigenvalue weighted by molar-refractivity contribution is 0.582. The van der Waals surface area contributed by atoms with Crippen LogP contribution in [-0.4, -0.2) is 8.42 Å². The Morgan fingerprint density at radius 3 is 2.65 bits per heavy atom. The topological polar surface area (TPSA) is 72.2 Å². The fourth-order valence-corrected chi connectivity index (χ4v) is 4.37. The maximum absolute atomic E-state index is 12.2. The number of sulfonamides is 1. The van der Waals surface area contributed by atoms with Crippen molar-refractivity contribution in [1.82, 2.24) is 4.72 Å². The van der Waals surface area contributed by atoms with Crippen LogP contribution in [0.2, 0.25) is 5.02 Å². The highest BCUT2D eigenvalue weighted by molar-refractivity contribution is 9.10. The number of nitrogens with two attached hydrogens (primary N) is 1. The van der Waals surface area contributed by atoms with E-state index in [1.165, 1.54) is 23.5 Å².